The molecule has 0 bridgehead atoms. The Morgan fingerprint density at radius 3 is 2.73 bits per heavy atom. The number of hydrogen-bond donors (Lipinski definition) is 0. The lowest BCUT2D eigenvalue weighted by Crippen LogP contribution is -2.28. The van der Waals surface area contributed by atoms with E-state index in [2.05, 4.69) is 25.3 Å². The molecule has 0 atom stereocenters. The molecule has 0 N–H and O–H groups in total. The van der Waals surface area contributed by atoms with Crippen molar-refractivity contribution in [2.45, 2.75) is 33.1 Å². The Balaban J connectivity index is 2.53. The van der Waals surface area contributed by atoms with Gasteiger partial charge in [-0.05, 0) is 24.5 Å². The van der Waals surface area contributed by atoms with Crippen LogP contribution in [0.3, 0.4) is 0 Å². The molecule has 0 aromatic heterocycles. The van der Waals surface area contributed by atoms with Gasteiger partial charge in [-0.15, -0.1) is 0 Å². The van der Waals surface area contributed by atoms with Crippen molar-refractivity contribution in [3.63, 3.8) is 0 Å². The van der Waals surface area contributed by atoms with Gasteiger partial charge in [-0.1, -0.05) is 26.8 Å². The van der Waals surface area contributed by atoms with Gasteiger partial charge in [-0.3, -0.25) is 0 Å². The molecule has 0 saturated carbocycles. The summed E-state index contributed by atoms with van der Waals surface area (Å²) in [5.41, 5.74) is 0.491. The Labute approximate surface area is 70.1 Å². The summed E-state index contributed by atoms with van der Waals surface area (Å²) < 4.78 is 0. The third kappa shape index (κ3) is 2.57. The molecule has 1 rings (SSSR count). The van der Waals surface area contributed by atoms with E-state index in [0.29, 0.717) is 5.41 Å². The quantitative estimate of drug-likeness (QED) is 0.560. The average Bonchev–Trinajstić information content (AvgIpc) is 2.10. The van der Waals surface area contributed by atoms with Gasteiger partial charge in [0.15, 0.2) is 0 Å². The summed E-state index contributed by atoms with van der Waals surface area (Å²) >= 11 is 0. The summed E-state index contributed by atoms with van der Waals surface area (Å²) in [6.07, 6.45) is 6.04. The minimum atomic E-state index is 0.491. The lowest BCUT2D eigenvalue weighted by Gasteiger charge is -2.28. The zero-order chi connectivity index (χ0) is 8.32. The molecule has 0 spiro atoms. The van der Waals surface area contributed by atoms with E-state index in [0.717, 1.165) is 0 Å². The SMILES string of the molecule is C=CN1CCCCC(C)(C)C1. The Kier molecular flexibility index (Phi) is 2.58. The molecule has 0 aromatic carbocycles. The van der Waals surface area contributed by atoms with Crippen LogP contribution in [0.4, 0.5) is 0 Å². The molecule has 1 fully saturated rings. The van der Waals surface area contributed by atoms with Gasteiger partial charge in [-0.2, -0.15) is 0 Å². The molecule has 0 aliphatic carbocycles. The Hall–Kier alpha value is -0.460. The van der Waals surface area contributed by atoms with Gasteiger partial charge in [0, 0.05) is 13.1 Å². The minimum Gasteiger partial charge on any atom is -0.377 e. The summed E-state index contributed by atoms with van der Waals surface area (Å²) in [7, 11) is 0. The monoisotopic (exact) mass is 153 g/mol. The van der Waals surface area contributed by atoms with Gasteiger partial charge >= 0.3 is 0 Å². The highest BCUT2D eigenvalue weighted by Gasteiger charge is 2.22. The summed E-state index contributed by atoms with van der Waals surface area (Å²) in [4.78, 5) is 2.34. The van der Waals surface area contributed by atoms with Crippen LogP contribution < -0.4 is 0 Å². The van der Waals surface area contributed by atoms with Crippen molar-refractivity contribution in [2.75, 3.05) is 13.1 Å². The molecule has 1 aliphatic heterocycles. The van der Waals surface area contributed by atoms with Crippen LogP contribution >= 0.6 is 0 Å². The number of hydrogen-bond acceptors (Lipinski definition) is 1. The molecular formula is C10H19N. The first kappa shape index (κ1) is 8.63. The molecule has 0 unspecified atom stereocenters. The zero-order valence-electron chi connectivity index (χ0n) is 7.77. The highest BCUT2D eigenvalue weighted by atomic mass is 15.1. The summed E-state index contributed by atoms with van der Waals surface area (Å²) in [5.74, 6) is 0. The molecule has 1 heterocycles. The smallest absolute Gasteiger partial charge is 0.0223 e. The predicted octanol–water partition coefficient (Wildman–Crippen LogP) is 2.64. The molecule has 1 nitrogen and oxygen atoms in total. The normalized spacial score (nSPS) is 24.4. The van der Waals surface area contributed by atoms with Crippen LogP contribution in [0.25, 0.3) is 0 Å². The van der Waals surface area contributed by atoms with E-state index >= 15 is 0 Å². The van der Waals surface area contributed by atoms with E-state index in [9.17, 15) is 0 Å². The molecule has 1 aliphatic rings. The van der Waals surface area contributed by atoms with Crippen molar-refractivity contribution >= 4 is 0 Å². The largest absolute Gasteiger partial charge is 0.377 e. The maximum absolute atomic E-state index is 3.82. The topological polar surface area (TPSA) is 3.24 Å². The molecule has 11 heavy (non-hydrogen) atoms. The number of likely N-dealkylation sites (tertiary alicyclic amines) is 1. The zero-order valence-corrected chi connectivity index (χ0v) is 7.77. The van der Waals surface area contributed by atoms with Crippen LogP contribution in [-0.2, 0) is 0 Å². The summed E-state index contributed by atoms with van der Waals surface area (Å²) in [6, 6.07) is 0. The van der Waals surface area contributed by atoms with Crippen molar-refractivity contribution in [2.24, 2.45) is 5.41 Å². The standard InChI is InChI=1S/C10H19N/c1-4-11-8-6-5-7-10(2,3)9-11/h4H,1,5-9H2,2-3H3. The first-order valence-electron chi connectivity index (χ1n) is 4.51. The Morgan fingerprint density at radius 1 is 1.36 bits per heavy atom. The van der Waals surface area contributed by atoms with E-state index in [-0.39, 0.29) is 0 Å². The molecule has 1 saturated heterocycles. The second-order valence-corrected chi connectivity index (χ2v) is 4.27. The molecule has 1 heteroatoms. The van der Waals surface area contributed by atoms with Gasteiger partial charge in [0.05, 0.1) is 0 Å². The van der Waals surface area contributed by atoms with E-state index in [1.807, 2.05) is 6.20 Å². The molecule has 0 amide bonds. The highest BCUT2D eigenvalue weighted by Crippen LogP contribution is 2.27. The lowest BCUT2D eigenvalue weighted by molar-refractivity contribution is 0.249. The fourth-order valence-corrected chi connectivity index (χ4v) is 1.78. The first-order valence-corrected chi connectivity index (χ1v) is 4.51. The Bertz CT molecular complexity index is 138. The number of nitrogens with zero attached hydrogens (tertiary/aromatic N) is 1. The predicted molar refractivity (Wildman–Crippen MR) is 49.4 cm³/mol. The fourth-order valence-electron chi connectivity index (χ4n) is 1.78. The van der Waals surface area contributed by atoms with Crippen molar-refractivity contribution in [3.05, 3.63) is 12.8 Å². The first-order chi connectivity index (χ1) is 5.14. The summed E-state index contributed by atoms with van der Waals surface area (Å²) in [6.45, 7) is 10.9. The van der Waals surface area contributed by atoms with Crippen LogP contribution in [0.2, 0.25) is 0 Å². The molecular weight excluding hydrogens is 134 g/mol. The molecule has 64 valence electrons. The average molecular weight is 153 g/mol. The van der Waals surface area contributed by atoms with Crippen LogP contribution in [0, 0.1) is 5.41 Å². The van der Waals surface area contributed by atoms with Crippen molar-refractivity contribution < 1.29 is 0 Å². The molecule has 0 aromatic rings. The van der Waals surface area contributed by atoms with Crippen LogP contribution in [0.1, 0.15) is 33.1 Å². The molecule has 0 radical (unpaired) electrons. The maximum atomic E-state index is 3.82. The van der Waals surface area contributed by atoms with E-state index in [4.69, 9.17) is 0 Å². The van der Waals surface area contributed by atoms with Crippen LogP contribution in [0.15, 0.2) is 12.8 Å². The van der Waals surface area contributed by atoms with Crippen molar-refractivity contribution in [3.8, 4) is 0 Å². The summed E-state index contributed by atoms with van der Waals surface area (Å²) in [5, 5.41) is 0. The van der Waals surface area contributed by atoms with Gasteiger partial charge in [0.1, 0.15) is 0 Å². The maximum Gasteiger partial charge on any atom is 0.0223 e. The van der Waals surface area contributed by atoms with E-state index in [1.54, 1.807) is 0 Å². The third-order valence-corrected chi connectivity index (χ3v) is 2.44. The highest BCUT2D eigenvalue weighted by molar-refractivity contribution is 4.82. The van der Waals surface area contributed by atoms with Crippen molar-refractivity contribution in [1.82, 2.24) is 4.90 Å². The van der Waals surface area contributed by atoms with E-state index < -0.39 is 0 Å². The fraction of sp³-hybridized carbons (Fsp3) is 0.800. The minimum absolute atomic E-state index is 0.491. The van der Waals surface area contributed by atoms with Gasteiger partial charge < -0.3 is 4.90 Å². The second kappa shape index (κ2) is 3.29. The third-order valence-electron chi connectivity index (χ3n) is 2.44. The van der Waals surface area contributed by atoms with Crippen LogP contribution in [-0.4, -0.2) is 18.0 Å². The second-order valence-electron chi connectivity index (χ2n) is 4.27. The van der Waals surface area contributed by atoms with Gasteiger partial charge in [-0.25, -0.2) is 0 Å². The lowest BCUT2D eigenvalue weighted by atomic mass is 9.88. The van der Waals surface area contributed by atoms with Crippen LogP contribution in [0.5, 0.6) is 0 Å². The van der Waals surface area contributed by atoms with E-state index in [1.165, 1.54) is 32.4 Å². The van der Waals surface area contributed by atoms with Crippen molar-refractivity contribution in [1.29, 1.82) is 0 Å². The van der Waals surface area contributed by atoms with Gasteiger partial charge in [0.2, 0.25) is 0 Å². The Morgan fingerprint density at radius 2 is 2.09 bits per heavy atom. The van der Waals surface area contributed by atoms with Gasteiger partial charge in [0.25, 0.3) is 0 Å². The number of rotatable bonds is 1.